The molecule has 2 amide bonds. The summed E-state index contributed by atoms with van der Waals surface area (Å²) in [6, 6.07) is 0.421. The molecule has 1 aliphatic carbocycles. The standard InChI is InChI=1S/C23H37N7O2/c1-4-18-22(32)28(3)19-13-25-23(27-21(19)30(18)17-7-5-6-8-17)26-15(2)16-9-11-29(12-10-16)14-20(24)31/h13,15-18H,4-12,14H2,1-3H3,(H2,24,31)(H,25,26,27). The second-order valence-electron chi connectivity index (χ2n) is 9.58. The number of nitrogens with zero attached hydrogens (tertiary/aromatic N) is 5. The molecule has 1 aromatic rings. The normalized spacial score (nSPS) is 24.0. The fraction of sp³-hybridized carbons (Fsp3) is 0.739. The third-order valence-corrected chi connectivity index (χ3v) is 7.49. The molecule has 3 N–H and O–H groups in total. The number of likely N-dealkylation sites (N-methyl/N-ethyl adjacent to an activating group) is 1. The molecule has 3 aliphatic rings. The van der Waals surface area contributed by atoms with Crippen LogP contribution < -0.4 is 20.9 Å². The zero-order chi connectivity index (χ0) is 22.8. The van der Waals surface area contributed by atoms with Gasteiger partial charge in [0.25, 0.3) is 0 Å². The highest BCUT2D eigenvalue weighted by molar-refractivity contribution is 6.04. The van der Waals surface area contributed by atoms with E-state index in [-0.39, 0.29) is 23.9 Å². The lowest BCUT2D eigenvalue weighted by atomic mass is 9.90. The summed E-state index contributed by atoms with van der Waals surface area (Å²) in [6.45, 7) is 6.35. The first-order chi connectivity index (χ1) is 15.4. The molecule has 9 nitrogen and oxygen atoms in total. The molecule has 0 radical (unpaired) electrons. The van der Waals surface area contributed by atoms with Crippen LogP contribution in [0.1, 0.15) is 58.8 Å². The number of amides is 2. The molecule has 0 aromatic carbocycles. The number of primary amides is 1. The monoisotopic (exact) mass is 443 g/mol. The molecule has 1 saturated heterocycles. The van der Waals surface area contributed by atoms with E-state index < -0.39 is 0 Å². The average molecular weight is 444 g/mol. The fourth-order valence-electron chi connectivity index (χ4n) is 5.61. The quantitative estimate of drug-likeness (QED) is 0.663. The average Bonchev–Trinajstić information content (AvgIpc) is 3.30. The molecule has 2 aliphatic heterocycles. The minimum atomic E-state index is -0.266. The van der Waals surface area contributed by atoms with Gasteiger partial charge in [-0.2, -0.15) is 4.98 Å². The molecule has 4 rings (SSSR count). The molecule has 1 aromatic heterocycles. The Morgan fingerprint density at radius 3 is 2.56 bits per heavy atom. The number of piperidine rings is 1. The van der Waals surface area contributed by atoms with E-state index >= 15 is 0 Å². The van der Waals surface area contributed by atoms with Gasteiger partial charge in [0, 0.05) is 19.1 Å². The van der Waals surface area contributed by atoms with Crippen LogP contribution in [0.3, 0.4) is 0 Å². The van der Waals surface area contributed by atoms with Crippen molar-refractivity contribution in [3.05, 3.63) is 6.20 Å². The van der Waals surface area contributed by atoms with Gasteiger partial charge in [0.1, 0.15) is 11.7 Å². The van der Waals surface area contributed by atoms with Crippen LogP contribution in [0.5, 0.6) is 0 Å². The number of aromatic nitrogens is 2. The molecular weight excluding hydrogens is 406 g/mol. The molecule has 2 atom stereocenters. The molecule has 0 bridgehead atoms. The highest BCUT2D eigenvalue weighted by atomic mass is 16.2. The summed E-state index contributed by atoms with van der Waals surface area (Å²) in [5.74, 6) is 1.85. The number of likely N-dealkylation sites (tertiary alicyclic amines) is 1. The number of carbonyl (C=O) groups excluding carboxylic acids is 2. The van der Waals surface area contributed by atoms with Crippen molar-refractivity contribution in [3.63, 3.8) is 0 Å². The van der Waals surface area contributed by atoms with E-state index in [1.54, 1.807) is 11.1 Å². The first-order valence-corrected chi connectivity index (χ1v) is 12.1. The Labute approximate surface area is 190 Å². The minimum Gasteiger partial charge on any atom is -0.369 e. The van der Waals surface area contributed by atoms with Crippen LogP contribution in [0.25, 0.3) is 0 Å². The van der Waals surface area contributed by atoms with E-state index in [0.717, 1.165) is 56.7 Å². The molecule has 2 unspecified atom stereocenters. The molecule has 176 valence electrons. The molecule has 0 spiro atoms. The van der Waals surface area contributed by atoms with Crippen LogP contribution in [-0.4, -0.2) is 71.5 Å². The lowest BCUT2D eigenvalue weighted by Gasteiger charge is -2.43. The number of carbonyl (C=O) groups is 2. The molecule has 2 fully saturated rings. The van der Waals surface area contributed by atoms with Crippen LogP contribution in [0, 0.1) is 5.92 Å². The van der Waals surface area contributed by atoms with E-state index in [2.05, 4.69) is 33.9 Å². The largest absolute Gasteiger partial charge is 0.369 e. The zero-order valence-corrected chi connectivity index (χ0v) is 19.6. The number of fused-ring (bicyclic) bond motifs is 1. The number of hydrogen-bond donors (Lipinski definition) is 2. The van der Waals surface area contributed by atoms with E-state index in [1.807, 2.05) is 7.05 Å². The Bertz CT molecular complexity index is 834. The van der Waals surface area contributed by atoms with Crippen molar-refractivity contribution in [2.45, 2.75) is 76.9 Å². The van der Waals surface area contributed by atoms with Crippen LogP contribution in [0.4, 0.5) is 17.5 Å². The van der Waals surface area contributed by atoms with Crippen LogP contribution in [0.15, 0.2) is 6.20 Å². The third-order valence-electron chi connectivity index (χ3n) is 7.49. The third kappa shape index (κ3) is 4.53. The minimum absolute atomic E-state index is 0.132. The molecule has 1 saturated carbocycles. The van der Waals surface area contributed by atoms with E-state index in [1.165, 1.54) is 12.8 Å². The lowest BCUT2D eigenvalue weighted by molar-refractivity contribution is -0.120. The van der Waals surface area contributed by atoms with Gasteiger partial charge in [0.2, 0.25) is 17.8 Å². The topological polar surface area (TPSA) is 108 Å². The fourth-order valence-corrected chi connectivity index (χ4v) is 5.61. The van der Waals surface area contributed by atoms with Gasteiger partial charge < -0.3 is 20.9 Å². The Morgan fingerprint density at radius 2 is 1.94 bits per heavy atom. The first kappa shape index (κ1) is 22.8. The molecular formula is C23H37N7O2. The summed E-state index contributed by atoms with van der Waals surface area (Å²) < 4.78 is 0. The van der Waals surface area contributed by atoms with Gasteiger partial charge in [0.15, 0.2) is 5.82 Å². The maximum Gasteiger partial charge on any atom is 0.249 e. The number of nitrogens with two attached hydrogens (primary N) is 1. The summed E-state index contributed by atoms with van der Waals surface area (Å²) in [5, 5.41) is 3.52. The summed E-state index contributed by atoms with van der Waals surface area (Å²) in [6.07, 6.45) is 9.22. The van der Waals surface area contributed by atoms with E-state index in [0.29, 0.717) is 24.5 Å². The van der Waals surface area contributed by atoms with Gasteiger partial charge in [-0.05, 0) is 58.0 Å². The van der Waals surface area contributed by atoms with E-state index in [4.69, 9.17) is 10.7 Å². The number of rotatable bonds is 7. The van der Waals surface area contributed by atoms with Gasteiger partial charge in [-0.3, -0.25) is 14.5 Å². The Hall–Kier alpha value is -2.42. The second-order valence-corrected chi connectivity index (χ2v) is 9.58. The highest BCUT2D eigenvalue weighted by Crippen LogP contribution is 2.40. The number of hydrogen-bond acceptors (Lipinski definition) is 7. The predicted molar refractivity (Wildman–Crippen MR) is 126 cm³/mol. The van der Waals surface area contributed by atoms with Crippen molar-refractivity contribution < 1.29 is 9.59 Å². The lowest BCUT2D eigenvalue weighted by Crippen LogP contribution is -2.55. The van der Waals surface area contributed by atoms with Crippen molar-refractivity contribution in [2.24, 2.45) is 11.7 Å². The van der Waals surface area contributed by atoms with Gasteiger partial charge in [-0.15, -0.1) is 0 Å². The SMILES string of the molecule is CCC1C(=O)N(C)c2cnc(NC(C)C3CCN(CC(N)=O)CC3)nc2N1C1CCCC1. The van der Waals surface area contributed by atoms with Crippen molar-refractivity contribution in [3.8, 4) is 0 Å². The second kappa shape index (κ2) is 9.60. The van der Waals surface area contributed by atoms with Crippen molar-refractivity contribution in [1.29, 1.82) is 0 Å². The predicted octanol–water partition coefficient (Wildman–Crippen LogP) is 1.98. The molecule has 3 heterocycles. The number of anilines is 3. The van der Waals surface area contributed by atoms with Gasteiger partial charge in [-0.1, -0.05) is 19.8 Å². The van der Waals surface area contributed by atoms with Crippen LogP contribution >= 0.6 is 0 Å². The van der Waals surface area contributed by atoms with Gasteiger partial charge in [-0.25, -0.2) is 4.98 Å². The van der Waals surface area contributed by atoms with Crippen LogP contribution in [-0.2, 0) is 9.59 Å². The zero-order valence-electron chi connectivity index (χ0n) is 19.6. The number of nitrogens with one attached hydrogen (secondary N) is 1. The Kier molecular flexibility index (Phi) is 6.83. The van der Waals surface area contributed by atoms with E-state index in [9.17, 15) is 9.59 Å². The highest BCUT2D eigenvalue weighted by Gasteiger charge is 2.41. The van der Waals surface area contributed by atoms with Gasteiger partial charge >= 0.3 is 0 Å². The summed E-state index contributed by atoms with van der Waals surface area (Å²) in [5.41, 5.74) is 6.13. The Morgan fingerprint density at radius 1 is 1.25 bits per heavy atom. The maximum atomic E-state index is 13.0. The summed E-state index contributed by atoms with van der Waals surface area (Å²) in [4.78, 5) is 39.8. The van der Waals surface area contributed by atoms with Crippen molar-refractivity contribution in [1.82, 2.24) is 14.9 Å². The molecule has 32 heavy (non-hydrogen) atoms. The van der Waals surface area contributed by atoms with Crippen LogP contribution in [0.2, 0.25) is 0 Å². The Balaban J connectivity index is 1.50. The molecule has 9 heteroatoms. The van der Waals surface area contributed by atoms with Crippen molar-refractivity contribution >= 4 is 29.3 Å². The summed E-state index contributed by atoms with van der Waals surface area (Å²) >= 11 is 0. The summed E-state index contributed by atoms with van der Waals surface area (Å²) in [7, 11) is 1.83. The smallest absolute Gasteiger partial charge is 0.249 e. The van der Waals surface area contributed by atoms with Gasteiger partial charge in [0.05, 0.1) is 12.7 Å². The first-order valence-electron chi connectivity index (χ1n) is 12.1. The maximum absolute atomic E-state index is 13.0. The van der Waals surface area contributed by atoms with Crippen molar-refractivity contribution in [2.75, 3.05) is 41.8 Å².